The molecular weight excluding hydrogens is 184 g/mol. The van der Waals surface area contributed by atoms with E-state index < -0.39 is 17.3 Å². The lowest BCUT2D eigenvalue weighted by Crippen LogP contribution is -2.10. The van der Waals surface area contributed by atoms with Crippen LogP contribution in [0.15, 0.2) is 36.4 Å². The van der Waals surface area contributed by atoms with Crippen molar-refractivity contribution < 1.29 is 19.8 Å². The molecule has 1 rings (SSSR count). The number of ketones is 1. The summed E-state index contributed by atoms with van der Waals surface area (Å²) < 4.78 is 0. The fourth-order valence-corrected chi connectivity index (χ4v) is 0.884. The second-order valence-electron chi connectivity index (χ2n) is 2.66. The van der Waals surface area contributed by atoms with E-state index in [4.69, 9.17) is 10.2 Å². The van der Waals surface area contributed by atoms with Crippen molar-refractivity contribution in [2.45, 2.75) is 0 Å². The summed E-state index contributed by atoms with van der Waals surface area (Å²) in [5.41, 5.74) is -0.300. The van der Waals surface area contributed by atoms with Crippen molar-refractivity contribution >= 4 is 11.8 Å². The molecule has 0 unspecified atom stereocenters. The summed E-state index contributed by atoms with van der Waals surface area (Å²) in [6.07, 6.45) is 0. The van der Waals surface area contributed by atoms with E-state index in [2.05, 4.69) is 6.58 Å². The Kier molecular flexibility index (Phi) is 2.67. The fraction of sp³-hybridized carbons (Fsp3) is 0. The van der Waals surface area contributed by atoms with Crippen molar-refractivity contribution in [1.82, 2.24) is 0 Å². The molecule has 0 saturated carbocycles. The maximum Gasteiger partial charge on any atom is 0.339 e. The fourth-order valence-electron chi connectivity index (χ4n) is 0.884. The zero-order valence-electron chi connectivity index (χ0n) is 7.23. The Morgan fingerprint density at radius 3 is 2.07 bits per heavy atom. The van der Waals surface area contributed by atoms with Crippen LogP contribution in [0.2, 0.25) is 0 Å². The van der Waals surface area contributed by atoms with Gasteiger partial charge in [-0.3, -0.25) is 4.79 Å². The summed E-state index contributed by atoms with van der Waals surface area (Å²) in [7, 11) is 0. The Balaban J connectivity index is 2.96. The molecule has 0 amide bonds. The summed E-state index contributed by atoms with van der Waals surface area (Å²) in [5.74, 6) is -1.98. The van der Waals surface area contributed by atoms with Crippen LogP contribution in [0.4, 0.5) is 0 Å². The largest absolute Gasteiger partial charge is 0.508 e. The van der Waals surface area contributed by atoms with Crippen LogP contribution in [0.25, 0.3) is 0 Å². The summed E-state index contributed by atoms with van der Waals surface area (Å²) in [6, 6.07) is 5.29. The first kappa shape index (κ1) is 9.98. The molecule has 0 aliphatic rings. The van der Waals surface area contributed by atoms with Crippen molar-refractivity contribution in [2.75, 3.05) is 0 Å². The second-order valence-corrected chi connectivity index (χ2v) is 2.66. The Morgan fingerprint density at radius 1 is 1.14 bits per heavy atom. The number of Topliss-reactive ketones (excluding diaryl/α,β-unsaturated/α-hetero) is 1. The number of carbonyl (C=O) groups excluding carboxylic acids is 1. The van der Waals surface area contributed by atoms with Gasteiger partial charge in [0.15, 0.2) is 5.78 Å². The Bertz CT molecular complexity index is 389. The average molecular weight is 192 g/mol. The Labute approximate surface area is 80.1 Å². The molecule has 0 radical (unpaired) electrons. The van der Waals surface area contributed by atoms with Gasteiger partial charge >= 0.3 is 5.97 Å². The summed E-state index contributed by atoms with van der Waals surface area (Å²) in [4.78, 5) is 21.7. The maximum atomic E-state index is 11.3. The normalized spacial score (nSPS) is 9.43. The highest BCUT2D eigenvalue weighted by molar-refractivity contribution is 6.23. The van der Waals surface area contributed by atoms with E-state index in [0.717, 1.165) is 0 Å². The number of carbonyl (C=O) groups is 2. The second kappa shape index (κ2) is 3.74. The van der Waals surface area contributed by atoms with Gasteiger partial charge in [0.05, 0.1) is 0 Å². The first-order valence-electron chi connectivity index (χ1n) is 3.78. The van der Waals surface area contributed by atoms with Crippen molar-refractivity contribution in [3.8, 4) is 5.75 Å². The van der Waals surface area contributed by atoms with Crippen molar-refractivity contribution in [2.24, 2.45) is 0 Å². The number of carboxylic acids is 1. The van der Waals surface area contributed by atoms with E-state index in [-0.39, 0.29) is 11.3 Å². The minimum Gasteiger partial charge on any atom is -0.508 e. The topological polar surface area (TPSA) is 74.6 Å². The van der Waals surface area contributed by atoms with Crippen LogP contribution in [0.3, 0.4) is 0 Å². The molecule has 4 nitrogen and oxygen atoms in total. The maximum absolute atomic E-state index is 11.3. The minimum atomic E-state index is -1.34. The van der Waals surface area contributed by atoms with E-state index in [9.17, 15) is 9.59 Å². The van der Waals surface area contributed by atoms with Gasteiger partial charge in [0.2, 0.25) is 0 Å². The quantitative estimate of drug-likeness (QED) is 0.327. The molecule has 0 spiro atoms. The molecule has 0 aliphatic heterocycles. The molecule has 0 saturated heterocycles. The van der Waals surface area contributed by atoms with Gasteiger partial charge in [0.25, 0.3) is 0 Å². The highest BCUT2D eigenvalue weighted by atomic mass is 16.4. The van der Waals surface area contributed by atoms with Gasteiger partial charge in [-0.1, -0.05) is 6.58 Å². The number of hydrogen-bond donors (Lipinski definition) is 2. The first-order valence-corrected chi connectivity index (χ1v) is 3.78. The summed E-state index contributed by atoms with van der Waals surface area (Å²) in [5, 5.41) is 17.4. The molecule has 72 valence electrons. The van der Waals surface area contributed by atoms with Crippen molar-refractivity contribution in [3.05, 3.63) is 42.0 Å². The lowest BCUT2D eigenvalue weighted by atomic mass is 10.1. The third-order valence-electron chi connectivity index (χ3n) is 1.66. The number of phenols is 1. The van der Waals surface area contributed by atoms with Gasteiger partial charge in [-0.05, 0) is 24.3 Å². The van der Waals surface area contributed by atoms with Gasteiger partial charge < -0.3 is 10.2 Å². The molecule has 1 aromatic carbocycles. The molecule has 0 aromatic heterocycles. The molecule has 1 aromatic rings. The molecule has 0 fully saturated rings. The molecule has 0 bridgehead atoms. The van der Waals surface area contributed by atoms with E-state index in [1.165, 1.54) is 24.3 Å². The van der Waals surface area contributed by atoms with E-state index in [0.29, 0.717) is 0 Å². The van der Waals surface area contributed by atoms with Crippen LogP contribution in [0, 0.1) is 0 Å². The average Bonchev–Trinajstić information content (AvgIpc) is 2.16. The summed E-state index contributed by atoms with van der Waals surface area (Å²) >= 11 is 0. The third kappa shape index (κ3) is 1.98. The van der Waals surface area contributed by atoms with Gasteiger partial charge in [0.1, 0.15) is 11.3 Å². The smallest absolute Gasteiger partial charge is 0.339 e. The number of aromatic hydroxyl groups is 1. The van der Waals surface area contributed by atoms with Crippen LogP contribution in [-0.4, -0.2) is 22.0 Å². The van der Waals surface area contributed by atoms with Gasteiger partial charge in [-0.15, -0.1) is 0 Å². The van der Waals surface area contributed by atoms with Crippen molar-refractivity contribution in [3.63, 3.8) is 0 Å². The molecule has 0 aliphatic carbocycles. The first-order chi connectivity index (χ1) is 6.52. The van der Waals surface area contributed by atoms with Crippen molar-refractivity contribution in [1.29, 1.82) is 0 Å². The molecule has 0 heterocycles. The number of rotatable bonds is 3. The van der Waals surface area contributed by atoms with E-state index in [1.54, 1.807) is 0 Å². The minimum absolute atomic E-state index is 0.0162. The number of carboxylic acid groups (broad SMARTS) is 1. The number of aliphatic carboxylic acids is 1. The highest BCUT2D eigenvalue weighted by Crippen LogP contribution is 2.12. The Hall–Kier alpha value is -2.10. The molecule has 14 heavy (non-hydrogen) atoms. The Morgan fingerprint density at radius 2 is 1.64 bits per heavy atom. The van der Waals surface area contributed by atoms with E-state index in [1.807, 2.05) is 0 Å². The van der Waals surface area contributed by atoms with Gasteiger partial charge in [0, 0.05) is 5.56 Å². The highest BCUT2D eigenvalue weighted by Gasteiger charge is 2.15. The van der Waals surface area contributed by atoms with E-state index >= 15 is 0 Å². The van der Waals surface area contributed by atoms with Gasteiger partial charge in [-0.25, -0.2) is 4.79 Å². The molecular formula is C10H8O4. The zero-order chi connectivity index (χ0) is 10.7. The van der Waals surface area contributed by atoms with Crippen LogP contribution in [0.5, 0.6) is 5.75 Å². The van der Waals surface area contributed by atoms with Crippen LogP contribution >= 0.6 is 0 Å². The third-order valence-corrected chi connectivity index (χ3v) is 1.66. The number of benzene rings is 1. The van der Waals surface area contributed by atoms with Crippen LogP contribution in [-0.2, 0) is 4.79 Å². The predicted octanol–water partition coefficient (Wildman–Crippen LogP) is 1.22. The number of phenolic OH excluding ortho intramolecular Hbond substituents is 1. The molecule has 4 heteroatoms. The van der Waals surface area contributed by atoms with Crippen LogP contribution < -0.4 is 0 Å². The predicted molar refractivity (Wildman–Crippen MR) is 49.2 cm³/mol. The lowest BCUT2D eigenvalue weighted by Gasteiger charge is -1.99. The number of hydrogen-bond acceptors (Lipinski definition) is 3. The summed E-state index contributed by atoms with van der Waals surface area (Å²) in [6.45, 7) is 3.14. The molecule has 2 N–H and O–H groups in total. The standard InChI is InChI=1S/C10H8O4/c1-6(10(13)14)9(12)7-2-4-8(11)5-3-7/h2-5,11H,1H2,(H,13,14). The van der Waals surface area contributed by atoms with Crippen LogP contribution in [0.1, 0.15) is 10.4 Å². The monoisotopic (exact) mass is 192 g/mol. The lowest BCUT2D eigenvalue weighted by molar-refractivity contribution is -0.132. The zero-order valence-corrected chi connectivity index (χ0v) is 7.23. The van der Waals surface area contributed by atoms with Gasteiger partial charge in [-0.2, -0.15) is 0 Å². The molecule has 0 atom stereocenters. The SMILES string of the molecule is C=C(C(=O)O)C(=O)c1ccc(O)cc1.